The zero-order valence-corrected chi connectivity index (χ0v) is 6.89. The molecule has 11 heavy (non-hydrogen) atoms. The quantitative estimate of drug-likeness (QED) is 0.557. The first-order valence-corrected chi connectivity index (χ1v) is 4.19. The van der Waals surface area contributed by atoms with Crippen LogP contribution in [0.15, 0.2) is 0 Å². The van der Waals surface area contributed by atoms with E-state index in [1.54, 1.807) is 0 Å². The van der Waals surface area contributed by atoms with Crippen LogP contribution < -0.4 is 0 Å². The van der Waals surface area contributed by atoms with Crippen LogP contribution in [-0.4, -0.2) is 31.7 Å². The minimum atomic E-state index is -2.17. The van der Waals surface area contributed by atoms with Crippen molar-refractivity contribution in [3.8, 4) is 0 Å². The highest BCUT2D eigenvalue weighted by molar-refractivity contribution is 6.42. The molecule has 1 aliphatic heterocycles. The van der Waals surface area contributed by atoms with Gasteiger partial charge in [0.05, 0.1) is 0 Å². The summed E-state index contributed by atoms with van der Waals surface area (Å²) in [6, 6.07) is 0. The van der Waals surface area contributed by atoms with E-state index in [4.69, 9.17) is 0 Å². The molecule has 1 fully saturated rings. The van der Waals surface area contributed by atoms with E-state index in [2.05, 4.69) is 6.92 Å². The van der Waals surface area contributed by atoms with Crippen LogP contribution in [-0.2, 0) is 0 Å². The maximum Gasteiger partial charge on any atom is 0.551 e. The van der Waals surface area contributed by atoms with Gasteiger partial charge in [-0.2, -0.15) is 0 Å². The molecule has 1 saturated heterocycles. The number of rotatable bonds is 2. The lowest BCUT2D eigenvalue weighted by Gasteiger charge is -2.29. The average molecular weight is 161 g/mol. The third-order valence-electron chi connectivity index (χ3n) is 2.14. The van der Waals surface area contributed by atoms with Crippen molar-refractivity contribution in [3.63, 3.8) is 0 Å². The van der Waals surface area contributed by atoms with Gasteiger partial charge in [-0.25, -0.2) is 0 Å². The third kappa shape index (κ3) is 3.19. The summed E-state index contributed by atoms with van der Waals surface area (Å²) in [5.41, 5.74) is 0. The fourth-order valence-corrected chi connectivity index (χ4v) is 1.65. The van der Waals surface area contributed by atoms with Crippen molar-refractivity contribution in [1.82, 2.24) is 4.90 Å². The van der Waals surface area contributed by atoms with Gasteiger partial charge in [-0.15, -0.1) is 0 Å². The average Bonchev–Trinajstić information content (AvgIpc) is 1.85. The molecule has 1 rings (SSSR count). The minimum Gasteiger partial charge on any atom is -0.304 e. The molecule has 1 atom stereocenters. The van der Waals surface area contributed by atoms with E-state index in [1.807, 2.05) is 4.90 Å². The molecule has 0 aromatic rings. The van der Waals surface area contributed by atoms with E-state index in [9.17, 15) is 8.63 Å². The Labute approximate surface area is 66.9 Å². The van der Waals surface area contributed by atoms with Crippen LogP contribution in [0, 0.1) is 5.92 Å². The van der Waals surface area contributed by atoms with Crippen molar-refractivity contribution < 1.29 is 8.63 Å². The molecular formula is C7H14BF2N. The van der Waals surface area contributed by atoms with Crippen LogP contribution in [0.2, 0.25) is 0 Å². The summed E-state index contributed by atoms with van der Waals surface area (Å²) >= 11 is 0. The number of likely N-dealkylation sites (tertiary alicyclic amines) is 1. The van der Waals surface area contributed by atoms with Gasteiger partial charge in [0.1, 0.15) is 0 Å². The van der Waals surface area contributed by atoms with Crippen LogP contribution in [0.1, 0.15) is 19.8 Å². The van der Waals surface area contributed by atoms with Gasteiger partial charge in [-0.3, -0.25) is 8.63 Å². The molecule has 0 aromatic carbocycles. The highest BCUT2D eigenvalue weighted by Gasteiger charge is 2.22. The first-order chi connectivity index (χ1) is 5.18. The molecule has 0 spiro atoms. The highest BCUT2D eigenvalue weighted by atomic mass is 19.2. The second kappa shape index (κ2) is 4.05. The summed E-state index contributed by atoms with van der Waals surface area (Å²) in [4.78, 5) is 1.86. The Morgan fingerprint density at radius 1 is 1.55 bits per heavy atom. The highest BCUT2D eigenvalue weighted by Crippen LogP contribution is 2.15. The molecule has 0 amide bonds. The molecule has 0 bridgehead atoms. The van der Waals surface area contributed by atoms with Crippen molar-refractivity contribution in [2.45, 2.75) is 19.8 Å². The van der Waals surface area contributed by atoms with Crippen molar-refractivity contribution in [1.29, 1.82) is 0 Å². The Bertz CT molecular complexity index is 119. The summed E-state index contributed by atoms with van der Waals surface area (Å²) in [7, 11) is -2.17. The van der Waals surface area contributed by atoms with Gasteiger partial charge in [0.2, 0.25) is 0 Å². The van der Waals surface area contributed by atoms with Gasteiger partial charge in [0.15, 0.2) is 0 Å². The SMILES string of the molecule is CC1CCCN(CB(F)F)C1. The van der Waals surface area contributed by atoms with Crippen LogP contribution in [0.25, 0.3) is 0 Å². The second-order valence-corrected chi connectivity index (χ2v) is 3.40. The van der Waals surface area contributed by atoms with Gasteiger partial charge in [0, 0.05) is 13.0 Å². The van der Waals surface area contributed by atoms with E-state index in [0.717, 1.165) is 19.5 Å². The molecule has 0 aliphatic carbocycles. The number of piperidine rings is 1. The zero-order chi connectivity index (χ0) is 8.27. The van der Waals surface area contributed by atoms with Crippen molar-refractivity contribution >= 4 is 7.27 Å². The Morgan fingerprint density at radius 3 is 2.82 bits per heavy atom. The fourth-order valence-electron chi connectivity index (χ4n) is 1.65. The van der Waals surface area contributed by atoms with E-state index >= 15 is 0 Å². The predicted molar refractivity (Wildman–Crippen MR) is 42.8 cm³/mol. The summed E-state index contributed by atoms with van der Waals surface area (Å²) in [5.74, 6) is 0.600. The number of halogens is 2. The molecule has 1 heterocycles. The molecule has 0 saturated carbocycles. The number of nitrogens with zero attached hydrogens (tertiary/aromatic N) is 1. The van der Waals surface area contributed by atoms with Gasteiger partial charge in [-0.1, -0.05) is 6.92 Å². The maximum absolute atomic E-state index is 11.9. The van der Waals surface area contributed by atoms with E-state index in [0.29, 0.717) is 5.92 Å². The standard InChI is InChI=1S/C7H14BF2N/c1-7-3-2-4-11(5-7)6-8(9)10/h7H,2-6H2,1H3. The molecule has 4 heteroatoms. The third-order valence-corrected chi connectivity index (χ3v) is 2.14. The topological polar surface area (TPSA) is 3.24 Å². The Morgan fingerprint density at radius 2 is 2.27 bits per heavy atom. The summed E-state index contributed by atoms with van der Waals surface area (Å²) in [6.45, 7) is 3.83. The van der Waals surface area contributed by atoms with Crippen LogP contribution in [0.5, 0.6) is 0 Å². The lowest BCUT2D eigenvalue weighted by molar-refractivity contribution is 0.203. The van der Waals surface area contributed by atoms with Gasteiger partial charge in [0.25, 0.3) is 0 Å². The Kier molecular flexibility index (Phi) is 3.30. The fraction of sp³-hybridized carbons (Fsp3) is 1.00. The molecule has 0 radical (unpaired) electrons. The minimum absolute atomic E-state index is 0.0374. The number of hydrogen-bond acceptors (Lipinski definition) is 1. The summed E-state index contributed by atoms with van der Waals surface area (Å²) in [5, 5.41) is 0. The van der Waals surface area contributed by atoms with Crippen LogP contribution in [0.3, 0.4) is 0 Å². The molecule has 0 N–H and O–H groups in total. The van der Waals surface area contributed by atoms with Gasteiger partial charge >= 0.3 is 7.27 Å². The Hall–Kier alpha value is -0.115. The largest absolute Gasteiger partial charge is 0.551 e. The molecule has 0 aromatic heterocycles. The molecular weight excluding hydrogens is 147 g/mol. The predicted octanol–water partition coefficient (Wildman–Crippen LogP) is 1.68. The zero-order valence-electron chi connectivity index (χ0n) is 6.89. The normalized spacial score (nSPS) is 27.0. The number of hydrogen-bond donors (Lipinski definition) is 0. The van der Waals surface area contributed by atoms with E-state index in [1.165, 1.54) is 6.42 Å². The van der Waals surface area contributed by atoms with Crippen molar-refractivity contribution in [2.75, 3.05) is 19.5 Å². The molecule has 64 valence electrons. The lowest BCUT2D eigenvalue weighted by atomic mass is 9.93. The summed E-state index contributed by atoms with van der Waals surface area (Å²) < 4.78 is 23.8. The lowest BCUT2D eigenvalue weighted by Crippen LogP contribution is -2.38. The monoisotopic (exact) mass is 161 g/mol. The van der Waals surface area contributed by atoms with Crippen LogP contribution in [0.4, 0.5) is 8.63 Å². The molecule has 1 aliphatic rings. The van der Waals surface area contributed by atoms with Crippen LogP contribution >= 0.6 is 0 Å². The smallest absolute Gasteiger partial charge is 0.304 e. The van der Waals surface area contributed by atoms with Gasteiger partial charge < -0.3 is 4.90 Å². The maximum atomic E-state index is 11.9. The van der Waals surface area contributed by atoms with E-state index in [-0.39, 0.29) is 6.44 Å². The second-order valence-electron chi connectivity index (χ2n) is 3.40. The van der Waals surface area contributed by atoms with Crippen molar-refractivity contribution in [2.24, 2.45) is 5.92 Å². The molecule has 1 nitrogen and oxygen atoms in total. The first-order valence-electron chi connectivity index (χ1n) is 4.19. The first kappa shape index (κ1) is 8.98. The van der Waals surface area contributed by atoms with E-state index < -0.39 is 7.27 Å². The Balaban J connectivity index is 2.23. The van der Waals surface area contributed by atoms with Crippen molar-refractivity contribution in [3.05, 3.63) is 0 Å². The van der Waals surface area contributed by atoms with Gasteiger partial charge in [-0.05, 0) is 25.3 Å². The molecule has 1 unspecified atom stereocenters. The summed E-state index contributed by atoms with van der Waals surface area (Å²) in [6.07, 6.45) is 2.23.